The van der Waals surface area contributed by atoms with Gasteiger partial charge in [0.25, 0.3) is 5.91 Å². The standard InChI is InChI=1S/C27H33N5O4S/c1-3-4-23(33)24-26(37-27(30-24)29-21-9-11-22(35-2)12-10-21)31-25(34)19-5-7-20(8-6-19)28-13-14-32-15-17-36-18-16-32/h5-12,28H,3-4,13-18H2,1-2H3,(H,29,30)(H,31,34). The lowest BCUT2D eigenvalue weighted by Crippen LogP contribution is -2.39. The van der Waals surface area contributed by atoms with Crippen molar-refractivity contribution < 1.29 is 19.1 Å². The summed E-state index contributed by atoms with van der Waals surface area (Å²) in [7, 11) is 1.61. The highest BCUT2D eigenvalue weighted by molar-refractivity contribution is 7.20. The summed E-state index contributed by atoms with van der Waals surface area (Å²) in [5.74, 6) is 0.358. The van der Waals surface area contributed by atoms with Gasteiger partial charge in [-0.2, -0.15) is 0 Å². The SMILES string of the molecule is CCCC(=O)c1nc(Nc2ccc(OC)cc2)sc1NC(=O)c1ccc(NCCN2CCOCC2)cc1. The number of rotatable bonds is 12. The van der Waals surface area contributed by atoms with Crippen molar-refractivity contribution in [3.8, 4) is 5.75 Å². The topological polar surface area (TPSA) is 105 Å². The molecule has 37 heavy (non-hydrogen) atoms. The van der Waals surface area contributed by atoms with Crippen molar-refractivity contribution in [2.75, 3.05) is 62.5 Å². The largest absolute Gasteiger partial charge is 0.497 e. The van der Waals surface area contributed by atoms with Gasteiger partial charge in [-0.25, -0.2) is 4.98 Å². The molecule has 3 aromatic rings. The predicted molar refractivity (Wildman–Crippen MR) is 148 cm³/mol. The number of hydrogen-bond donors (Lipinski definition) is 3. The second-order valence-corrected chi connectivity index (χ2v) is 9.63. The average Bonchev–Trinajstić information content (AvgIpc) is 3.32. The molecule has 4 rings (SSSR count). The molecule has 1 amide bonds. The van der Waals surface area contributed by atoms with E-state index in [9.17, 15) is 9.59 Å². The first-order chi connectivity index (χ1) is 18.1. The van der Waals surface area contributed by atoms with E-state index in [4.69, 9.17) is 9.47 Å². The van der Waals surface area contributed by atoms with E-state index in [1.165, 1.54) is 11.3 Å². The Labute approximate surface area is 221 Å². The Morgan fingerprint density at radius 2 is 1.76 bits per heavy atom. The van der Waals surface area contributed by atoms with Crippen LogP contribution >= 0.6 is 11.3 Å². The van der Waals surface area contributed by atoms with Crippen LogP contribution in [0.15, 0.2) is 48.5 Å². The van der Waals surface area contributed by atoms with Crippen LogP contribution in [0, 0.1) is 0 Å². The monoisotopic (exact) mass is 523 g/mol. The number of ketones is 1. The lowest BCUT2D eigenvalue weighted by Gasteiger charge is -2.26. The zero-order valence-corrected chi connectivity index (χ0v) is 22.0. The Hall–Kier alpha value is -3.47. The first-order valence-electron chi connectivity index (χ1n) is 12.5. The molecule has 1 aliphatic rings. The molecule has 2 aromatic carbocycles. The number of anilines is 4. The zero-order chi connectivity index (χ0) is 26.0. The van der Waals surface area contributed by atoms with Crippen LogP contribution in [0.4, 0.5) is 21.5 Å². The summed E-state index contributed by atoms with van der Waals surface area (Å²) in [6.07, 6.45) is 1.06. The van der Waals surface area contributed by atoms with Crippen LogP contribution in [-0.4, -0.2) is 68.1 Å². The highest BCUT2D eigenvalue weighted by atomic mass is 32.1. The van der Waals surface area contributed by atoms with Gasteiger partial charge >= 0.3 is 0 Å². The molecule has 0 bridgehead atoms. The molecular weight excluding hydrogens is 490 g/mol. The quantitative estimate of drug-likeness (QED) is 0.289. The molecule has 0 aliphatic carbocycles. The second kappa shape index (κ2) is 13.2. The summed E-state index contributed by atoms with van der Waals surface area (Å²) >= 11 is 1.24. The molecule has 1 aromatic heterocycles. The van der Waals surface area contributed by atoms with Crippen molar-refractivity contribution in [3.05, 3.63) is 59.8 Å². The number of Topliss-reactive ketones (excluding diaryl/α,β-unsaturated/α-hetero) is 1. The summed E-state index contributed by atoms with van der Waals surface area (Å²) in [5.41, 5.74) is 2.54. The van der Waals surface area contributed by atoms with Crippen LogP contribution < -0.4 is 20.7 Å². The maximum atomic E-state index is 13.0. The normalized spacial score (nSPS) is 13.7. The fraction of sp³-hybridized carbons (Fsp3) is 0.370. The van der Waals surface area contributed by atoms with E-state index in [1.807, 2.05) is 43.3 Å². The van der Waals surface area contributed by atoms with Crippen molar-refractivity contribution in [1.82, 2.24) is 9.88 Å². The molecule has 0 radical (unpaired) electrons. The fourth-order valence-electron chi connectivity index (χ4n) is 3.89. The summed E-state index contributed by atoms with van der Waals surface area (Å²) in [6.45, 7) is 7.19. The van der Waals surface area contributed by atoms with Crippen molar-refractivity contribution in [2.45, 2.75) is 19.8 Å². The third kappa shape index (κ3) is 7.51. The number of thiazole rings is 1. The van der Waals surface area contributed by atoms with E-state index in [-0.39, 0.29) is 17.4 Å². The minimum Gasteiger partial charge on any atom is -0.497 e. The third-order valence-electron chi connectivity index (χ3n) is 5.94. The van der Waals surface area contributed by atoms with Crippen LogP contribution in [-0.2, 0) is 4.74 Å². The molecule has 1 fully saturated rings. The Balaban J connectivity index is 1.39. The number of carbonyl (C=O) groups excluding carboxylic acids is 2. The van der Waals surface area contributed by atoms with Crippen LogP contribution in [0.25, 0.3) is 0 Å². The molecule has 9 nitrogen and oxygen atoms in total. The van der Waals surface area contributed by atoms with E-state index in [1.54, 1.807) is 19.2 Å². The molecule has 1 aliphatic heterocycles. The molecule has 1 saturated heterocycles. The van der Waals surface area contributed by atoms with Gasteiger partial charge in [-0.3, -0.25) is 14.5 Å². The number of nitrogens with zero attached hydrogens (tertiary/aromatic N) is 2. The van der Waals surface area contributed by atoms with Gasteiger partial charge in [0.1, 0.15) is 16.4 Å². The summed E-state index contributed by atoms with van der Waals surface area (Å²) in [5, 5.41) is 10.5. The number of nitrogens with one attached hydrogen (secondary N) is 3. The number of amides is 1. The Morgan fingerprint density at radius 3 is 2.43 bits per heavy atom. The number of ether oxygens (including phenoxy) is 2. The van der Waals surface area contributed by atoms with Gasteiger partial charge in [0, 0.05) is 49.5 Å². The number of hydrogen-bond acceptors (Lipinski definition) is 9. The Kier molecular flexibility index (Phi) is 9.47. The van der Waals surface area contributed by atoms with Gasteiger partial charge in [0.15, 0.2) is 10.9 Å². The fourth-order valence-corrected chi connectivity index (χ4v) is 4.79. The molecule has 0 spiro atoms. The average molecular weight is 524 g/mol. The number of aromatic nitrogens is 1. The molecular formula is C27H33N5O4S. The smallest absolute Gasteiger partial charge is 0.256 e. The first-order valence-corrected chi connectivity index (χ1v) is 13.3. The van der Waals surface area contributed by atoms with Gasteiger partial charge in [-0.15, -0.1) is 0 Å². The van der Waals surface area contributed by atoms with Gasteiger partial charge in [-0.1, -0.05) is 18.3 Å². The van der Waals surface area contributed by atoms with Gasteiger partial charge in [-0.05, 0) is 55.0 Å². The van der Waals surface area contributed by atoms with E-state index in [2.05, 4.69) is 25.8 Å². The van der Waals surface area contributed by atoms with E-state index in [0.717, 1.165) is 56.5 Å². The summed E-state index contributed by atoms with van der Waals surface area (Å²) in [6, 6.07) is 14.7. The highest BCUT2D eigenvalue weighted by Crippen LogP contribution is 2.32. The van der Waals surface area contributed by atoms with Crippen LogP contribution in [0.5, 0.6) is 5.75 Å². The lowest BCUT2D eigenvalue weighted by atomic mass is 10.1. The van der Waals surface area contributed by atoms with Crippen molar-refractivity contribution >= 4 is 44.5 Å². The molecule has 10 heteroatoms. The van der Waals surface area contributed by atoms with Crippen molar-refractivity contribution in [3.63, 3.8) is 0 Å². The molecule has 196 valence electrons. The minimum absolute atomic E-state index is 0.100. The number of benzene rings is 2. The highest BCUT2D eigenvalue weighted by Gasteiger charge is 2.20. The Bertz CT molecular complexity index is 1170. The van der Waals surface area contributed by atoms with Crippen LogP contribution in [0.3, 0.4) is 0 Å². The molecule has 0 unspecified atom stereocenters. The maximum absolute atomic E-state index is 13.0. The van der Waals surface area contributed by atoms with Crippen LogP contribution in [0.1, 0.15) is 40.6 Å². The van der Waals surface area contributed by atoms with Gasteiger partial charge < -0.3 is 25.4 Å². The molecule has 2 heterocycles. The zero-order valence-electron chi connectivity index (χ0n) is 21.2. The Morgan fingerprint density at radius 1 is 1.05 bits per heavy atom. The maximum Gasteiger partial charge on any atom is 0.256 e. The summed E-state index contributed by atoms with van der Waals surface area (Å²) < 4.78 is 10.6. The van der Waals surface area contributed by atoms with E-state index in [0.29, 0.717) is 28.5 Å². The number of morpholine rings is 1. The second-order valence-electron chi connectivity index (χ2n) is 8.64. The van der Waals surface area contributed by atoms with E-state index < -0.39 is 0 Å². The van der Waals surface area contributed by atoms with Crippen LogP contribution in [0.2, 0.25) is 0 Å². The van der Waals surface area contributed by atoms with Gasteiger partial charge in [0.05, 0.1) is 20.3 Å². The molecule has 0 atom stereocenters. The van der Waals surface area contributed by atoms with Crippen molar-refractivity contribution in [2.24, 2.45) is 0 Å². The molecule has 3 N–H and O–H groups in total. The number of methoxy groups -OCH3 is 1. The lowest BCUT2D eigenvalue weighted by molar-refractivity contribution is 0.0398. The predicted octanol–water partition coefficient (Wildman–Crippen LogP) is 4.87. The molecule has 0 saturated carbocycles. The summed E-state index contributed by atoms with van der Waals surface area (Å²) in [4.78, 5) is 32.6. The van der Waals surface area contributed by atoms with Crippen molar-refractivity contribution in [1.29, 1.82) is 0 Å². The van der Waals surface area contributed by atoms with E-state index >= 15 is 0 Å². The third-order valence-corrected chi connectivity index (χ3v) is 6.83. The first kappa shape index (κ1) is 26.6. The minimum atomic E-state index is -0.287. The number of carbonyl (C=O) groups is 2. The van der Waals surface area contributed by atoms with Gasteiger partial charge in [0.2, 0.25) is 0 Å².